The van der Waals surface area contributed by atoms with Crippen LogP contribution in [0.15, 0.2) is 42.5 Å². The van der Waals surface area contributed by atoms with Gasteiger partial charge in [0.25, 0.3) is 0 Å². The van der Waals surface area contributed by atoms with E-state index in [2.05, 4.69) is 5.32 Å². The number of nitrogens with two attached hydrogens (primary N) is 1. The highest BCUT2D eigenvalue weighted by Crippen LogP contribution is 2.12. The number of carbonyl (C=O) groups excluding carboxylic acids is 1. The molecule has 2 aromatic rings. The van der Waals surface area contributed by atoms with Crippen LogP contribution >= 0.6 is 0 Å². The molecule has 2 aromatic carbocycles. The highest BCUT2D eigenvalue weighted by Gasteiger charge is 2.07. The lowest BCUT2D eigenvalue weighted by molar-refractivity contribution is -0.115. The molecule has 0 radical (unpaired) electrons. The van der Waals surface area contributed by atoms with Gasteiger partial charge in [-0.3, -0.25) is 4.79 Å². The zero-order valence-electron chi connectivity index (χ0n) is 9.99. The average Bonchev–Trinajstić information content (AvgIpc) is 2.37. The van der Waals surface area contributed by atoms with Crippen LogP contribution in [0.4, 0.5) is 20.2 Å². The lowest BCUT2D eigenvalue weighted by Crippen LogP contribution is -2.14. The van der Waals surface area contributed by atoms with E-state index in [1.807, 2.05) is 0 Å². The Kier molecular flexibility index (Phi) is 3.75. The van der Waals surface area contributed by atoms with Gasteiger partial charge in [-0.2, -0.15) is 0 Å². The van der Waals surface area contributed by atoms with Gasteiger partial charge in [-0.25, -0.2) is 8.78 Å². The van der Waals surface area contributed by atoms with Crippen molar-refractivity contribution in [3.63, 3.8) is 0 Å². The fraction of sp³-hybridized carbons (Fsp3) is 0.0714. The van der Waals surface area contributed by atoms with Crippen LogP contribution < -0.4 is 11.1 Å². The summed E-state index contributed by atoms with van der Waals surface area (Å²) in [5, 5.41) is 2.64. The van der Waals surface area contributed by atoms with Crippen LogP contribution in [0, 0.1) is 11.6 Å². The molecule has 0 aliphatic rings. The Morgan fingerprint density at radius 2 is 1.74 bits per heavy atom. The first-order valence-corrected chi connectivity index (χ1v) is 5.64. The lowest BCUT2D eigenvalue weighted by Gasteiger charge is -2.06. The fourth-order valence-electron chi connectivity index (χ4n) is 1.61. The minimum Gasteiger partial charge on any atom is -0.399 e. The molecule has 1 amide bonds. The molecule has 0 saturated carbocycles. The van der Waals surface area contributed by atoms with E-state index in [1.54, 1.807) is 24.3 Å². The molecule has 0 heterocycles. The van der Waals surface area contributed by atoms with Gasteiger partial charge in [-0.15, -0.1) is 0 Å². The van der Waals surface area contributed by atoms with Crippen molar-refractivity contribution >= 4 is 17.3 Å². The molecule has 3 N–H and O–H groups in total. The van der Waals surface area contributed by atoms with Crippen LogP contribution in [0.3, 0.4) is 0 Å². The molecule has 0 fully saturated rings. The molecule has 0 aromatic heterocycles. The Bertz CT molecular complexity index is 597. The van der Waals surface area contributed by atoms with E-state index >= 15 is 0 Å². The molecule has 0 atom stereocenters. The van der Waals surface area contributed by atoms with Crippen molar-refractivity contribution in [1.29, 1.82) is 0 Å². The summed E-state index contributed by atoms with van der Waals surface area (Å²) in [7, 11) is 0. The number of benzene rings is 2. The first kappa shape index (κ1) is 13.0. The summed E-state index contributed by atoms with van der Waals surface area (Å²) in [4.78, 5) is 11.7. The Morgan fingerprint density at radius 3 is 2.37 bits per heavy atom. The smallest absolute Gasteiger partial charge is 0.228 e. The average molecular weight is 262 g/mol. The van der Waals surface area contributed by atoms with Crippen LogP contribution in [-0.2, 0) is 11.2 Å². The monoisotopic (exact) mass is 262 g/mol. The largest absolute Gasteiger partial charge is 0.399 e. The first-order valence-electron chi connectivity index (χ1n) is 5.64. The number of hydrogen-bond donors (Lipinski definition) is 2. The Labute approximate surface area is 109 Å². The van der Waals surface area contributed by atoms with Gasteiger partial charge in [0.2, 0.25) is 5.91 Å². The number of carbonyl (C=O) groups is 1. The summed E-state index contributed by atoms with van der Waals surface area (Å²) in [6.07, 6.45) is -0.0262. The molecule has 0 bridgehead atoms. The number of nitrogen functional groups attached to an aromatic ring is 1. The number of anilines is 2. The summed E-state index contributed by atoms with van der Waals surface area (Å²) in [5.41, 5.74) is 7.13. The molecule has 19 heavy (non-hydrogen) atoms. The van der Waals surface area contributed by atoms with Crippen molar-refractivity contribution in [2.24, 2.45) is 0 Å². The maximum atomic E-state index is 13.0. The summed E-state index contributed by atoms with van der Waals surface area (Å²) in [5.74, 6) is -2.20. The van der Waals surface area contributed by atoms with Gasteiger partial charge in [0.1, 0.15) is 0 Å². The van der Waals surface area contributed by atoms with Crippen LogP contribution in [0.2, 0.25) is 0 Å². The van der Waals surface area contributed by atoms with E-state index in [9.17, 15) is 13.6 Å². The van der Waals surface area contributed by atoms with Gasteiger partial charge in [0, 0.05) is 11.4 Å². The van der Waals surface area contributed by atoms with Gasteiger partial charge in [-0.05, 0) is 42.0 Å². The second kappa shape index (κ2) is 5.48. The highest BCUT2D eigenvalue weighted by molar-refractivity contribution is 5.92. The molecular formula is C14H12F2N2O. The molecule has 0 aliphatic heterocycles. The van der Waals surface area contributed by atoms with Crippen molar-refractivity contribution < 1.29 is 13.6 Å². The van der Waals surface area contributed by atoms with Crippen LogP contribution in [-0.4, -0.2) is 5.91 Å². The molecule has 5 heteroatoms. The van der Waals surface area contributed by atoms with Crippen molar-refractivity contribution in [2.75, 3.05) is 11.1 Å². The van der Waals surface area contributed by atoms with E-state index in [0.717, 1.165) is 12.1 Å². The zero-order valence-corrected chi connectivity index (χ0v) is 9.99. The second-order valence-corrected chi connectivity index (χ2v) is 4.10. The highest BCUT2D eigenvalue weighted by atomic mass is 19.2. The third-order valence-corrected chi connectivity index (χ3v) is 2.54. The van der Waals surface area contributed by atoms with Crippen molar-refractivity contribution in [1.82, 2.24) is 0 Å². The van der Waals surface area contributed by atoms with Gasteiger partial charge < -0.3 is 11.1 Å². The van der Waals surface area contributed by atoms with Crippen LogP contribution in [0.5, 0.6) is 0 Å². The molecule has 0 spiro atoms. The number of nitrogens with one attached hydrogen (secondary N) is 1. The normalized spacial score (nSPS) is 10.2. The lowest BCUT2D eigenvalue weighted by atomic mass is 10.1. The number of amides is 1. The Hall–Kier alpha value is -2.43. The van der Waals surface area contributed by atoms with Gasteiger partial charge in [0.05, 0.1) is 6.42 Å². The van der Waals surface area contributed by atoms with E-state index in [-0.39, 0.29) is 12.3 Å². The van der Waals surface area contributed by atoms with Crippen molar-refractivity contribution in [3.05, 3.63) is 59.7 Å². The number of hydrogen-bond acceptors (Lipinski definition) is 2. The second-order valence-electron chi connectivity index (χ2n) is 4.10. The Morgan fingerprint density at radius 1 is 1.05 bits per heavy atom. The molecule has 0 unspecified atom stereocenters. The third kappa shape index (κ3) is 3.51. The maximum absolute atomic E-state index is 13.0. The number of rotatable bonds is 3. The van der Waals surface area contributed by atoms with Gasteiger partial charge >= 0.3 is 0 Å². The van der Waals surface area contributed by atoms with Gasteiger partial charge in [-0.1, -0.05) is 6.07 Å². The molecule has 0 saturated heterocycles. The molecular weight excluding hydrogens is 250 g/mol. The molecule has 0 aliphatic carbocycles. The van der Waals surface area contributed by atoms with Gasteiger partial charge in [0.15, 0.2) is 11.6 Å². The third-order valence-electron chi connectivity index (χ3n) is 2.54. The topological polar surface area (TPSA) is 55.1 Å². The quantitative estimate of drug-likeness (QED) is 0.836. The minimum atomic E-state index is -0.960. The predicted octanol–water partition coefficient (Wildman–Crippen LogP) is 2.73. The fourth-order valence-corrected chi connectivity index (χ4v) is 1.61. The van der Waals surface area contributed by atoms with Crippen LogP contribution in [0.25, 0.3) is 0 Å². The van der Waals surface area contributed by atoms with E-state index in [1.165, 1.54) is 6.07 Å². The Balaban J connectivity index is 2.01. The summed E-state index contributed by atoms with van der Waals surface area (Å²) >= 11 is 0. The summed E-state index contributed by atoms with van der Waals surface area (Å²) in [6, 6.07) is 10.0. The van der Waals surface area contributed by atoms with Crippen molar-refractivity contribution in [2.45, 2.75) is 6.42 Å². The summed E-state index contributed by atoms with van der Waals surface area (Å²) < 4.78 is 25.7. The number of halogens is 2. The first-order chi connectivity index (χ1) is 9.04. The summed E-state index contributed by atoms with van der Waals surface area (Å²) in [6.45, 7) is 0. The predicted molar refractivity (Wildman–Crippen MR) is 69.5 cm³/mol. The SMILES string of the molecule is Nc1ccc(NC(=O)Cc2ccc(F)c(F)c2)cc1. The maximum Gasteiger partial charge on any atom is 0.228 e. The zero-order chi connectivity index (χ0) is 13.8. The van der Waals surface area contributed by atoms with E-state index in [4.69, 9.17) is 5.73 Å². The van der Waals surface area contributed by atoms with E-state index in [0.29, 0.717) is 16.9 Å². The standard InChI is InChI=1S/C14H12F2N2O/c15-12-6-1-9(7-13(12)16)8-14(19)18-11-4-2-10(17)3-5-11/h1-7H,8,17H2,(H,18,19). The van der Waals surface area contributed by atoms with Crippen LogP contribution in [0.1, 0.15) is 5.56 Å². The van der Waals surface area contributed by atoms with E-state index < -0.39 is 11.6 Å². The molecule has 3 nitrogen and oxygen atoms in total. The minimum absolute atomic E-state index is 0.0262. The molecule has 98 valence electrons. The molecule has 2 rings (SSSR count). The van der Waals surface area contributed by atoms with Crippen molar-refractivity contribution in [3.8, 4) is 0 Å².